The second-order valence-corrected chi connectivity index (χ2v) is 14.4. The second-order valence-electron chi connectivity index (χ2n) is 12.8. The Labute approximate surface area is 221 Å². The highest BCUT2D eigenvalue weighted by atomic mass is 32.2. The van der Waals surface area contributed by atoms with E-state index in [4.69, 9.17) is 10.7 Å². The van der Waals surface area contributed by atoms with Crippen molar-refractivity contribution < 1.29 is 13.2 Å². The Morgan fingerprint density at radius 2 is 1.81 bits per heavy atom. The molecule has 0 radical (unpaired) electrons. The number of anilines is 2. The summed E-state index contributed by atoms with van der Waals surface area (Å²) >= 11 is 0. The quantitative estimate of drug-likeness (QED) is 0.551. The lowest BCUT2D eigenvalue weighted by Crippen LogP contribution is -2.41. The van der Waals surface area contributed by atoms with Crippen LogP contribution in [0.1, 0.15) is 90.3 Å². The van der Waals surface area contributed by atoms with Crippen LogP contribution in [0.3, 0.4) is 0 Å². The first-order chi connectivity index (χ1) is 16.8. The van der Waals surface area contributed by atoms with Crippen molar-refractivity contribution in [2.45, 2.75) is 84.7 Å². The number of sulfonamides is 1. The van der Waals surface area contributed by atoms with Crippen molar-refractivity contribution >= 4 is 33.6 Å². The summed E-state index contributed by atoms with van der Waals surface area (Å²) in [5.74, 6) is 0.175. The topological polar surface area (TPSA) is 118 Å². The van der Waals surface area contributed by atoms with Gasteiger partial charge in [0.05, 0.1) is 11.3 Å². The van der Waals surface area contributed by atoms with E-state index in [9.17, 15) is 13.2 Å². The van der Waals surface area contributed by atoms with Crippen LogP contribution in [0.4, 0.5) is 11.6 Å². The largest absolute Gasteiger partial charge is 0.384 e. The Morgan fingerprint density at radius 3 is 2.32 bits per heavy atom. The molecule has 0 unspecified atom stereocenters. The number of nitrogen functional groups attached to an aromatic ring is 1. The zero-order chi connectivity index (χ0) is 28.0. The monoisotopic (exact) mass is 527 g/mol. The van der Waals surface area contributed by atoms with Gasteiger partial charge in [-0.05, 0) is 55.4 Å². The molecule has 2 aromatic heterocycles. The van der Waals surface area contributed by atoms with Crippen LogP contribution in [-0.2, 0) is 15.4 Å². The molecule has 0 aromatic carbocycles. The molecule has 1 amide bonds. The SMILES string of the molecule is C[C@@H]1CN(c2nc(C(C)(C)C)c(/C=C/C(C)(C)C)cc2C(=O)NS(=O)(=O)c2cccc(N)n2)C(C)(C)C1. The zero-order valence-electron chi connectivity index (χ0n) is 23.5. The molecule has 8 nitrogen and oxygen atoms in total. The Kier molecular flexibility index (Phi) is 7.54. The van der Waals surface area contributed by atoms with Crippen molar-refractivity contribution in [1.29, 1.82) is 0 Å². The van der Waals surface area contributed by atoms with Crippen molar-refractivity contribution in [2.75, 3.05) is 17.2 Å². The number of nitrogens with two attached hydrogens (primary N) is 1. The van der Waals surface area contributed by atoms with Crippen LogP contribution in [0.5, 0.6) is 0 Å². The van der Waals surface area contributed by atoms with Gasteiger partial charge in [0.15, 0.2) is 5.03 Å². The molecule has 3 N–H and O–H groups in total. The summed E-state index contributed by atoms with van der Waals surface area (Å²) in [7, 11) is -4.25. The molecule has 0 bridgehead atoms. The summed E-state index contributed by atoms with van der Waals surface area (Å²) in [6.07, 6.45) is 4.97. The summed E-state index contributed by atoms with van der Waals surface area (Å²) in [4.78, 5) is 24.8. The standard InChI is InChI=1S/C28H41N5O3S/c1-18-16-28(8,9)33(17-18)24-20(25(34)32-37(35,36)22-12-10-11-21(29)30-22)15-19(13-14-26(2,3)4)23(31-24)27(5,6)7/h10-15,18H,16-17H2,1-9H3,(H2,29,30)(H,32,34)/b14-13+/t18-/m0/s1. The molecule has 9 heteroatoms. The van der Waals surface area contributed by atoms with E-state index in [-0.39, 0.29) is 32.8 Å². The van der Waals surface area contributed by atoms with E-state index < -0.39 is 15.9 Å². The summed E-state index contributed by atoms with van der Waals surface area (Å²) < 4.78 is 28.3. The van der Waals surface area contributed by atoms with E-state index in [1.165, 1.54) is 18.2 Å². The molecule has 37 heavy (non-hydrogen) atoms. The maximum absolute atomic E-state index is 13.7. The molecule has 202 valence electrons. The van der Waals surface area contributed by atoms with Gasteiger partial charge in [0, 0.05) is 17.5 Å². The van der Waals surface area contributed by atoms with Gasteiger partial charge in [0.2, 0.25) is 0 Å². The highest BCUT2D eigenvalue weighted by Gasteiger charge is 2.40. The average molecular weight is 528 g/mol. The highest BCUT2D eigenvalue weighted by Crippen LogP contribution is 2.39. The van der Waals surface area contributed by atoms with E-state index in [2.05, 4.69) is 83.0 Å². The minimum absolute atomic E-state index is 0.0506. The van der Waals surface area contributed by atoms with E-state index in [0.717, 1.165) is 17.7 Å². The molecule has 3 rings (SSSR count). The summed E-state index contributed by atoms with van der Waals surface area (Å²) in [6.45, 7) is 19.7. The molecule has 2 aromatic rings. The molecule has 1 atom stereocenters. The highest BCUT2D eigenvalue weighted by molar-refractivity contribution is 7.90. The van der Waals surface area contributed by atoms with Gasteiger partial charge in [-0.3, -0.25) is 4.79 Å². The van der Waals surface area contributed by atoms with Crippen molar-refractivity contribution in [3.63, 3.8) is 0 Å². The number of aromatic nitrogens is 2. The van der Waals surface area contributed by atoms with Gasteiger partial charge >= 0.3 is 0 Å². The van der Waals surface area contributed by atoms with Crippen LogP contribution < -0.4 is 15.4 Å². The summed E-state index contributed by atoms with van der Waals surface area (Å²) in [6, 6.07) is 6.03. The van der Waals surface area contributed by atoms with Crippen LogP contribution in [0.15, 0.2) is 35.4 Å². The van der Waals surface area contributed by atoms with Crippen LogP contribution in [-0.4, -0.2) is 36.4 Å². The summed E-state index contributed by atoms with van der Waals surface area (Å²) in [5, 5.41) is -0.315. The lowest BCUT2D eigenvalue weighted by Gasteiger charge is -2.35. The maximum atomic E-state index is 13.7. The lowest BCUT2D eigenvalue weighted by molar-refractivity contribution is 0.0981. The van der Waals surface area contributed by atoms with E-state index >= 15 is 0 Å². The van der Waals surface area contributed by atoms with Crippen molar-refractivity contribution in [3.05, 3.63) is 47.2 Å². The van der Waals surface area contributed by atoms with Crippen molar-refractivity contribution in [1.82, 2.24) is 14.7 Å². The molecule has 0 aliphatic carbocycles. The van der Waals surface area contributed by atoms with Gasteiger partial charge in [-0.25, -0.2) is 14.7 Å². The van der Waals surface area contributed by atoms with Gasteiger partial charge in [-0.1, -0.05) is 66.7 Å². The molecule has 1 fully saturated rings. The van der Waals surface area contributed by atoms with Gasteiger partial charge < -0.3 is 10.6 Å². The predicted molar refractivity (Wildman–Crippen MR) is 150 cm³/mol. The third-order valence-corrected chi connectivity index (χ3v) is 7.56. The maximum Gasteiger partial charge on any atom is 0.281 e. The summed E-state index contributed by atoms with van der Waals surface area (Å²) in [5.41, 5.74) is 6.85. The zero-order valence-corrected chi connectivity index (χ0v) is 24.3. The number of hydrogen-bond acceptors (Lipinski definition) is 7. The fourth-order valence-electron chi connectivity index (χ4n) is 4.73. The molecule has 1 aliphatic rings. The second kappa shape index (κ2) is 9.74. The smallest absolute Gasteiger partial charge is 0.281 e. The number of nitrogens with one attached hydrogen (secondary N) is 1. The van der Waals surface area contributed by atoms with Crippen LogP contribution in [0, 0.1) is 11.3 Å². The number of nitrogens with zero attached hydrogens (tertiary/aromatic N) is 3. The number of allylic oxidation sites excluding steroid dienone is 1. The Bertz CT molecular complexity index is 1320. The van der Waals surface area contributed by atoms with E-state index in [1.54, 1.807) is 6.07 Å². The van der Waals surface area contributed by atoms with Gasteiger partial charge in [-0.15, -0.1) is 0 Å². The predicted octanol–water partition coefficient (Wildman–Crippen LogP) is 5.16. The first-order valence-electron chi connectivity index (χ1n) is 12.6. The third kappa shape index (κ3) is 6.69. The minimum atomic E-state index is -4.25. The average Bonchev–Trinajstić information content (AvgIpc) is 3.01. The van der Waals surface area contributed by atoms with Crippen LogP contribution in [0.25, 0.3) is 6.08 Å². The van der Waals surface area contributed by atoms with Crippen LogP contribution >= 0.6 is 0 Å². The number of rotatable bonds is 5. The van der Waals surface area contributed by atoms with Crippen molar-refractivity contribution in [3.8, 4) is 0 Å². The first kappa shape index (κ1) is 28.6. The third-order valence-electron chi connectivity index (χ3n) is 6.33. The minimum Gasteiger partial charge on any atom is -0.384 e. The van der Waals surface area contributed by atoms with Gasteiger partial charge in [-0.2, -0.15) is 8.42 Å². The Morgan fingerprint density at radius 1 is 1.16 bits per heavy atom. The number of amides is 1. The molecule has 3 heterocycles. The van der Waals surface area contributed by atoms with Gasteiger partial charge in [0.25, 0.3) is 15.9 Å². The molecular weight excluding hydrogens is 486 g/mol. The first-order valence-corrected chi connectivity index (χ1v) is 14.1. The normalized spacial score (nSPS) is 18.4. The number of carbonyl (C=O) groups is 1. The van der Waals surface area contributed by atoms with Crippen LogP contribution in [0.2, 0.25) is 0 Å². The molecule has 1 aliphatic heterocycles. The fraction of sp³-hybridized carbons (Fsp3) is 0.536. The molecular formula is C28H41N5O3S. The molecule has 0 spiro atoms. The number of pyridine rings is 2. The number of carbonyl (C=O) groups excluding carboxylic acids is 1. The molecule has 1 saturated heterocycles. The van der Waals surface area contributed by atoms with E-state index in [0.29, 0.717) is 18.3 Å². The molecule has 0 saturated carbocycles. The number of hydrogen-bond donors (Lipinski definition) is 2. The Balaban J connectivity index is 2.22. The fourth-order valence-corrected chi connectivity index (χ4v) is 5.67. The Hall–Kier alpha value is -2.94. The van der Waals surface area contributed by atoms with Crippen molar-refractivity contribution in [2.24, 2.45) is 11.3 Å². The van der Waals surface area contributed by atoms with Gasteiger partial charge in [0.1, 0.15) is 11.6 Å². The lowest BCUT2D eigenvalue weighted by atomic mass is 9.86. The van der Waals surface area contributed by atoms with E-state index in [1.807, 2.05) is 6.08 Å².